The number of anilines is 1. The van der Waals surface area contributed by atoms with E-state index in [1.807, 2.05) is 49.3 Å². The van der Waals surface area contributed by atoms with Crippen molar-refractivity contribution >= 4 is 34.3 Å². The smallest absolute Gasteiger partial charge is 0.266 e. The van der Waals surface area contributed by atoms with Crippen molar-refractivity contribution in [2.45, 2.75) is 11.7 Å². The summed E-state index contributed by atoms with van der Waals surface area (Å²) in [5, 5.41) is 12.9. The Bertz CT molecular complexity index is 1420. The van der Waals surface area contributed by atoms with E-state index >= 15 is 0 Å². The normalized spacial score (nSPS) is 10.6. The predicted octanol–water partition coefficient (Wildman–Crippen LogP) is 3.73. The molecule has 0 spiro atoms. The molecule has 170 valence electrons. The lowest BCUT2D eigenvalue weighted by molar-refractivity contribution is -0.118. The minimum absolute atomic E-state index is 0.108. The second-order valence-electron chi connectivity index (χ2n) is 7.84. The maximum Gasteiger partial charge on any atom is 0.266 e. The number of benzene rings is 3. The van der Waals surface area contributed by atoms with Gasteiger partial charge in [-0.3, -0.25) is 14.2 Å². The van der Waals surface area contributed by atoms with Crippen LogP contribution in [-0.2, 0) is 11.3 Å². The Balaban J connectivity index is 1.54. The van der Waals surface area contributed by atoms with Gasteiger partial charge in [0, 0.05) is 26.3 Å². The summed E-state index contributed by atoms with van der Waals surface area (Å²) in [4.78, 5) is 32.5. The van der Waals surface area contributed by atoms with Gasteiger partial charge in [-0.25, -0.2) is 4.98 Å². The van der Waals surface area contributed by atoms with Gasteiger partial charge < -0.3 is 10.2 Å². The molecule has 0 bridgehead atoms. The van der Waals surface area contributed by atoms with Gasteiger partial charge in [0.25, 0.3) is 5.56 Å². The molecule has 0 radical (unpaired) electrons. The van der Waals surface area contributed by atoms with E-state index in [1.165, 1.54) is 16.3 Å². The molecule has 0 aliphatic rings. The zero-order valence-corrected chi connectivity index (χ0v) is 19.7. The quantitative estimate of drug-likeness (QED) is 0.328. The van der Waals surface area contributed by atoms with Crippen molar-refractivity contribution < 1.29 is 4.79 Å². The highest BCUT2D eigenvalue weighted by Crippen LogP contribution is 2.21. The molecule has 34 heavy (non-hydrogen) atoms. The number of thioether (sulfide) groups is 1. The molecule has 0 fully saturated rings. The van der Waals surface area contributed by atoms with Gasteiger partial charge in [-0.15, -0.1) is 0 Å². The number of nitrogens with one attached hydrogen (secondary N) is 1. The van der Waals surface area contributed by atoms with Gasteiger partial charge in [-0.2, -0.15) is 5.26 Å². The number of amides is 1. The number of carbonyl (C=O) groups is 1. The van der Waals surface area contributed by atoms with E-state index in [2.05, 4.69) is 16.4 Å². The summed E-state index contributed by atoms with van der Waals surface area (Å²) in [6, 6.07) is 23.9. The van der Waals surface area contributed by atoms with Gasteiger partial charge in [-0.05, 0) is 54.1 Å². The molecule has 0 aliphatic carbocycles. The molecule has 1 N–H and O–H groups in total. The second kappa shape index (κ2) is 10.2. The Kier molecular flexibility index (Phi) is 6.95. The van der Waals surface area contributed by atoms with E-state index < -0.39 is 0 Å². The lowest BCUT2D eigenvalue weighted by Gasteiger charge is -2.14. The van der Waals surface area contributed by atoms with Gasteiger partial charge in [0.15, 0.2) is 5.16 Å². The van der Waals surface area contributed by atoms with Crippen LogP contribution in [0.3, 0.4) is 0 Å². The fourth-order valence-electron chi connectivity index (χ4n) is 3.42. The number of rotatable bonds is 7. The van der Waals surface area contributed by atoms with Crippen LogP contribution in [-0.4, -0.2) is 35.3 Å². The van der Waals surface area contributed by atoms with Crippen molar-refractivity contribution in [1.29, 1.82) is 5.26 Å². The Morgan fingerprint density at radius 1 is 1.06 bits per heavy atom. The maximum atomic E-state index is 13.3. The zero-order valence-electron chi connectivity index (χ0n) is 18.9. The highest BCUT2D eigenvalue weighted by Gasteiger charge is 2.15. The Hall–Kier alpha value is -4.09. The third-order valence-corrected chi connectivity index (χ3v) is 6.21. The van der Waals surface area contributed by atoms with Crippen molar-refractivity contribution in [1.82, 2.24) is 14.9 Å². The molecular weight excluding hydrogens is 446 g/mol. The average Bonchev–Trinajstić information content (AvgIpc) is 2.86. The number of para-hydroxylation sites is 1. The summed E-state index contributed by atoms with van der Waals surface area (Å²) in [6.07, 6.45) is 0. The van der Waals surface area contributed by atoms with Crippen LogP contribution in [0.5, 0.6) is 0 Å². The standard InChI is InChI=1S/C26H23N5O2S/c1-30(2)20-11-9-19(10-12-20)16-28-24(32)17-34-26-29-23-6-4-3-5-22(23)25(33)31(26)21-13-7-18(15-27)8-14-21/h3-14H,16-17H2,1-2H3,(H,28,32). The van der Waals surface area contributed by atoms with Crippen LogP contribution in [0.1, 0.15) is 11.1 Å². The Morgan fingerprint density at radius 3 is 2.44 bits per heavy atom. The number of nitriles is 1. The molecule has 1 amide bonds. The first kappa shape index (κ1) is 23.1. The Morgan fingerprint density at radius 2 is 1.76 bits per heavy atom. The molecule has 0 atom stereocenters. The first-order chi connectivity index (χ1) is 16.5. The van der Waals surface area contributed by atoms with Gasteiger partial charge in [0.2, 0.25) is 5.91 Å². The SMILES string of the molecule is CN(C)c1ccc(CNC(=O)CSc2nc3ccccc3c(=O)n2-c2ccc(C#N)cc2)cc1. The molecular formula is C26H23N5O2S. The number of aromatic nitrogens is 2. The summed E-state index contributed by atoms with van der Waals surface area (Å²) < 4.78 is 1.49. The minimum Gasteiger partial charge on any atom is -0.378 e. The van der Waals surface area contributed by atoms with E-state index in [-0.39, 0.29) is 17.2 Å². The molecule has 7 nitrogen and oxygen atoms in total. The average molecular weight is 470 g/mol. The summed E-state index contributed by atoms with van der Waals surface area (Å²) in [7, 11) is 3.96. The summed E-state index contributed by atoms with van der Waals surface area (Å²) in [6.45, 7) is 0.417. The molecule has 1 heterocycles. The molecule has 4 aromatic rings. The van der Waals surface area contributed by atoms with Crippen LogP contribution in [0.2, 0.25) is 0 Å². The van der Waals surface area contributed by atoms with Crippen LogP contribution in [0.15, 0.2) is 82.7 Å². The van der Waals surface area contributed by atoms with Gasteiger partial charge >= 0.3 is 0 Å². The fraction of sp³-hybridized carbons (Fsp3) is 0.154. The molecule has 0 unspecified atom stereocenters. The lowest BCUT2D eigenvalue weighted by atomic mass is 10.2. The predicted molar refractivity (Wildman–Crippen MR) is 135 cm³/mol. The van der Waals surface area contributed by atoms with Crippen molar-refractivity contribution in [3.8, 4) is 11.8 Å². The molecule has 0 aliphatic heterocycles. The molecule has 1 aromatic heterocycles. The monoisotopic (exact) mass is 469 g/mol. The molecule has 0 saturated heterocycles. The highest BCUT2D eigenvalue weighted by atomic mass is 32.2. The van der Waals surface area contributed by atoms with E-state index in [4.69, 9.17) is 5.26 Å². The molecule has 3 aromatic carbocycles. The lowest BCUT2D eigenvalue weighted by Crippen LogP contribution is -2.26. The zero-order chi connectivity index (χ0) is 24.1. The maximum absolute atomic E-state index is 13.3. The highest BCUT2D eigenvalue weighted by molar-refractivity contribution is 7.99. The number of hydrogen-bond donors (Lipinski definition) is 1. The first-order valence-electron chi connectivity index (χ1n) is 10.6. The number of carbonyl (C=O) groups excluding carboxylic acids is 1. The third-order valence-electron chi connectivity index (χ3n) is 5.27. The van der Waals surface area contributed by atoms with Crippen molar-refractivity contribution in [3.05, 3.63) is 94.3 Å². The fourth-order valence-corrected chi connectivity index (χ4v) is 4.26. The van der Waals surface area contributed by atoms with Gasteiger partial charge in [0.05, 0.1) is 34.0 Å². The largest absolute Gasteiger partial charge is 0.378 e. The minimum atomic E-state index is -0.223. The van der Waals surface area contributed by atoms with Crippen LogP contribution >= 0.6 is 11.8 Å². The third kappa shape index (κ3) is 5.11. The van der Waals surface area contributed by atoms with E-state index in [0.717, 1.165) is 11.3 Å². The van der Waals surface area contributed by atoms with Crippen LogP contribution < -0.4 is 15.8 Å². The second-order valence-corrected chi connectivity index (χ2v) is 8.78. The number of nitrogens with zero attached hydrogens (tertiary/aromatic N) is 4. The van der Waals surface area contributed by atoms with Gasteiger partial charge in [0.1, 0.15) is 0 Å². The van der Waals surface area contributed by atoms with Crippen LogP contribution in [0.4, 0.5) is 5.69 Å². The van der Waals surface area contributed by atoms with Crippen LogP contribution in [0.25, 0.3) is 16.6 Å². The summed E-state index contributed by atoms with van der Waals surface area (Å²) in [5.74, 6) is -0.0490. The summed E-state index contributed by atoms with van der Waals surface area (Å²) >= 11 is 1.20. The molecule has 8 heteroatoms. The molecule has 0 saturated carbocycles. The van der Waals surface area contributed by atoms with E-state index in [1.54, 1.807) is 42.5 Å². The van der Waals surface area contributed by atoms with E-state index in [9.17, 15) is 9.59 Å². The Labute approximate surface area is 201 Å². The van der Waals surface area contributed by atoms with Crippen LogP contribution in [0, 0.1) is 11.3 Å². The van der Waals surface area contributed by atoms with E-state index in [0.29, 0.717) is 33.9 Å². The van der Waals surface area contributed by atoms with Crippen molar-refractivity contribution in [2.75, 3.05) is 24.7 Å². The topological polar surface area (TPSA) is 91.0 Å². The number of hydrogen-bond acceptors (Lipinski definition) is 6. The van der Waals surface area contributed by atoms with Gasteiger partial charge in [-0.1, -0.05) is 36.0 Å². The summed E-state index contributed by atoms with van der Waals surface area (Å²) in [5.41, 5.74) is 3.53. The van der Waals surface area contributed by atoms with Crippen molar-refractivity contribution in [3.63, 3.8) is 0 Å². The molecule has 4 rings (SSSR count). The number of fused-ring (bicyclic) bond motifs is 1. The first-order valence-corrected chi connectivity index (χ1v) is 11.6. The van der Waals surface area contributed by atoms with Crippen molar-refractivity contribution in [2.24, 2.45) is 0 Å².